The highest BCUT2D eigenvalue weighted by Crippen LogP contribution is 2.39. The predicted molar refractivity (Wildman–Crippen MR) is 181 cm³/mol. The number of nitrogens with zero attached hydrogens (tertiary/aromatic N) is 3. The summed E-state index contributed by atoms with van der Waals surface area (Å²) in [6, 6.07) is 34.4. The van der Waals surface area contributed by atoms with Crippen LogP contribution in [-0.2, 0) is 37.9 Å². The maximum Gasteiger partial charge on any atom is 0.325 e. The summed E-state index contributed by atoms with van der Waals surface area (Å²) in [6.45, 7) is 4.05. The van der Waals surface area contributed by atoms with E-state index in [1.165, 1.54) is 13.2 Å². The van der Waals surface area contributed by atoms with Gasteiger partial charge in [0.05, 0.1) is 13.3 Å². The lowest BCUT2D eigenvalue weighted by Gasteiger charge is -2.35. The average molecular weight is 650 g/mol. The number of aromatic nitrogens is 3. The molecule has 0 aliphatic heterocycles. The minimum absolute atomic E-state index is 0.158. The highest BCUT2D eigenvalue weighted by Gasteiger charge is 2.39. The largest absolute Gasteiger partial charge is 0.468 e. The Bertz CT molecular complexity index is 1700. The topological polar surface area (TPSA) is 107 Å². The fraction of sp³-hybridized carbons (Fsp3) is 0.263. The lowest BCUT2D eigenvalue weighted by atomic mass is 9.80. The molecule has 0 aliphatic carbocycles. The van der Waals surface area contributed by atoms with Gasteiger partial charge in [0, 0.05) is 30.6 Å². The number of methoxy groups -OCH3 is 1. The van der Waals surface area contributed by atoms with E-state index in [2.05, 4.69) is 21.1 Å². The molecule has 5 aromatic rings. The number of hydrogen-bond acceptors (Lipinski definition) is 7. The van der Waals surface area contributed by atoms with Crippen molar-refractivity contribution < 1.29 is 23.6 Å². The smallest absolute Gasteiger partial charge is 0.325 e. The Kier molecular flexibility index (Phi) is 11.1. The number of nitrogens with one attached hydrogen (secondary N) is 2. The first-order valence-corrected chi connectivity index (χ1v) is 15.9. The van der Waals surface area contributed by atoms with Crippen molar-refractivity contribution in [3.05, 3.63) is 143 Å². The molecule has 0 radical (unpaired) electrons. The average Bonchev–Trinajstić information content (AvgIpc) is 3.60. The van der Waals surface area contributed by atoms with Crippen molar-refractivity contribution in [2.24, 2.45) is 0 Å². The SMILES string of the molecule is COC(=O)C(C)(C)NCc1ccc(-c2cn(CCCCC(=O)NOC(c3ccccc3)(c3ccccc3)c3ccccc3)nn2)cc1F. The van der Waals surface area contributed by atoms with Gasteiger partial charge in [-0.15, -0.1) is 5.10 Å². The van der Waals surface area contributed by atoms with Crippen LogP contribution in [0.4, 0.5) is 4.39 Å². The van der Waals surface area contributed by atoms with Crippen molar-refractivity contribution in [2.75, 3.05) is 7.11 Å². The Morgan fingerprint density at radius 2 is 1.42 bits per heavy atom. The molecule has 2 N–H and O–H groups in total. The lowest BCUT2D eigenvalue weighted by molar-refractivity contribution is -0.147. The second kappa shape index (κ2) is 15.6. The molecule has 0 bridgehead atoms. The number of ether oxygens (including phenoxy) is 1. The van der Waals surface area contributed by atoms with Crippen molar-refractivity contribution >= 4 is 11.9 Å². The van der Waals surface area contributed by atoms with Gasteiger partial charge >= 0.3 is 5.97 Å². The minimum Gasteiger partial charge on any atom is -0.468 e. The number of carbonyl (C=O) groups excluding carboxylic acids is 2. The molecule has 0 fully saturated rings. The number of carbonyl (C=O) groups is 2. The predicted octanol–water partition coefficient (Wildman–Crippen LogP) is 6.34. The Labute approximate surface area is 280 Å². The van der Waals surface area contributed by atoms with Crippen LogP contribution in [0.3, 0.4) is 0 Å². The molecule has 0 aliphatic rings. The van der Waals surface area contributed by atoms with E-state index >= 15 is 0 Å². The van der Waals surface area contributed by atoms with E-state index in [0.29, 0.717) is 36.2 Å². The molecule has 48 heavy (non-hydrogen) atoms. The summed E-state index contributed by atoms with van der Waals surface area (Å²) >= 11 is 0. The first kappa shape index (κ1) is 34.2. The van der Waals surface area contributed by atoms with E-state index in [1.54, 1.807) is 36.9 Å². The van der Waals surface area contributed by atoms with Gasteiger partial charge in [0.15, 0.2) is 5.60 Å². The van der Waals surface area contributed by atoms with Gasteiger partial charge in [-0.2, -0.15) is 0 Å². The van der Waals surface area contributed by atoms with E-state index in [4.69, 9.17) is 9.57 Å². The van der Waals surface area contributed by atoms with Crippen molar-refractivity contribution in [1.82, 2.24) is 25.8 Å². The normalized spacial score (nSPS) is 11.7. The molecule has 1 heterocycles. The zero-order chi connectivity index (χ0) is 34.0. The zero-order valence-corrected chi connectivity index (χ0v) is 27.4. The van der Waals surface area contributed by atoms with Gasteiger partial charge < -0.3 is 4.74 Å². The standard InChI is InChI=1S/C38H40FN5O4/c1-37(2,36(46)47-3)40-26-29-23-22-28(25-33(29)39)34-27-44(43-41-34)24-14-13-21-35(45)42-48-38(30-15-7-4-8-16-30,31-17-9-5-10-18-31)32-19-11-6-12-20-32/h4-12,15-20,22-23,25,27,40H,13-14,21,24,26H2,1-3H3,(H,42,45). The molecule has 5 rings (SSSR count). The zero-order valence-electron chi connectivity index (χ0n) is 27.4. The number of amides is 1. The van der Waals surface area contributed by atoms with Crippen LogP contribution in [0.2, 0.25) is 0 Å². The van der Waals surface area contributed by atoms with Gasteiger partial charge in [-0.25, -0.2) is 9.87 Å². The van der Waals surface area contributed by atoms with Crippen LogP contribution < -0.4 is 10.8 Å². The highest BCUT2D eigenvalue weighted by molar-refractivity contribution is 5.79. The number of aryl methyl sites for hydroxylation is 1. The van der Waals surface area contributed by atoms with Gasteiger partial charge in [0.2, 0.25) is 5.91 Å². The first-order chi connectivity index (χ1) is 23.2. The van der Waals surface area contributed by atoms with Gasteiger partial charge in [-0.3, -0.25) is 24.4 Å². The Morgan fingerprint density at radius 1 is 0.833 bits per heavy atom. The van der Waals surface area contributed by atoms with Crippen LogP contribution in [0.15, 0.2) is 115 Å². The number of esters is 1. The van der Waals surface area contributed by atoms with E-state index in [-0.39, 0.29) is 18.9 Å². The fourth-order valence-corrected chi connectivity index (χ4v) is 5.47. The van der Waals surface area contributed by atoms with Gasteiger partial charge in [0.1, 0.15) is 17.1 Å². The number of halogens is 1. The van der Waals surface area contributed by atoms with E-state index in [1.807, 2.05) is 91.0 Å². The Morgan fingerprint density at radius 3 is 1.96 bits per heavy atom. The molecule has 0 saturated carbocycles. The molecule has 0 atom stereocenters. The summed E-state index contributed by atoms with van der Waals surface area (Å²) < 4.78 is 21.4. The van der Waals surface area contributed by atoms with Gasteiger partial charge in [-0.05, 0) is 49.4 Å². The molecule has 10 heteroatoms. The highest BCUT2D eigenvalue weighted by atomic mass is 19.1. The Balaban J connectivity index is 1.17. The summed E-state index contributed by atoms with van der Waals surface area (Å²) in [6.07, 6.45) is 3.28. The minimum atomic E-state index is -1.05. The summed E-state index contributed by atoms with van der Waals surface area (Å²) in [5.41, 5.74) is 4.94. The van der Waals surface area contributed by atoms with Gasteiger partial charge in [0.25, 0.3) is 0 Å². The van der Waals surface area contributed by atoms with Crippen molar-refractivity contribution in [2.45, 2.75) is 57.3 Å². The summed E-state index contributed by atoms with van der Waals surface area (Å²) in [5.74, 6) is -1.08. The van der Waals surface area contributed by atoms with E-state index < -0.39 is 22.9 Å². The van der Waals surface area contributed by atoms with Crippen molar-refractivity contribution in [3.8, 4) is 11.3 Å². The number of rotatable bonds is 15. The molecule has 248 valence electrons. The first-order valence-electron chi connectivity index (χ1n) is 15.9. The molecule has 0 spiro atoms. The molecule has 1 aromatic heterocycles. The lowest BCUT2D eigenvalue weighted by Crippen LogP contribution is -2.47. The molecule has 9 nitrogen and oxygen atoms in total. The van der Waals surface area contributed by atoms with Crippen molar-refractivity contribution in [1.29, 1.82) is 0 Å². The van der Waals surface area contributed by atoms with Crippen LogP contribution in [0.5, 0.6) is 0 Å². The molecule has 1 amide bonds. The number of hydrogen-bond donors (Lipinski definition) is 2. The summed E-state index contributed by atoms with van der Waals surface area (Å²) in [5, 5.41) is 11.4. The molecule has 0 saturated heterocycles. The molecular weight excluding hydrogens is 609 g/mol. The molecular formula is C38H40FN5O4. The summed E-state index contributed by atoms with van der Waals surface area (Å²) in [4.78, 5) is 31.4. The van der Waals surface area contributed by atoms with E-state index in [0.717, 1.165) is 16.7 Å². The molecule has 0 unspecified atom stereocenters. The third-order valence-electron chi connectivity index (χ3n) is 8.20. The monoisotopic (exact) mass is 649 g/mol. The van der Waals surface area contributed by atoms with E-state index in [9.17, 15) is 14.0 Å². The second-order valence-electron chi connectivity index (χ2n) is 12.0. The number of benzene rings is 4. The number of unbranched alkanes of at least 4 members (excludes halogenated alkanes) is 1. The maximum atomic E-state index is 14.9. The van der Waals surface area contributed by atoms with Gasteiger partial charge in [-0.1, -0.05) is 108 Å². The second-order valence-corrected chi connectivity index (χ2v) is 12.0. The van der Waals surface area contributed by atoms with Crippen molar-refractivity contribution in [3.63, 3.8) is 0 Å². The van der Waals surface area contributed by atoms with Crippen LogP contribution in [0.1, 0.15) is 55.4 Å². The van der Waals surface area contributed by atoms with Crippen LogP contribution in [0, 0.1) is 5.82 Å². The molecule has 4 aromatic carbocycles. The maximum absolute atomic E-state index is 14.9. The van der Waals surface area contributed by atoms with Crippen LogP contribution >= 0.6 is 0 Å². The third kappa shape index (κ3) is 8.02. The van der Waals surface area contributed by atoms with Crippen LogP contribution in [0.25, 0.3) is 11.3 Å². The Hall–Kier alpha value is -5.19. The summed E-state index contributed by atoms with van der Waals surface area (Å²) in [7, 11) is 1.32. The quantitative estimate of drug-likeness (QED) is 0.0590. The van der Waals surface area contributed by atoms with Crippen LogP contribution in [-0.4, -0.2) is 39.5 Å². The third-order valence-corrected chi connectivity index (χ3v) is 8.20. The number of hydroxylamine groups is 1. The fourth-order valence-electron chi connectivity index (χ4n) is 5.47.